The van der Waals surface area contributed by atoms with Crippen molar-refractivity contribution in [1.82, 2.24) is 25.7 Å². The van der Waals surface area contributed by atoms with E-state index >= 15 is 0 Å². The van der Waals surface area contributed by atoms with Gasteiger partial charge >= 0.3 is 6.09 Å². The Morgan fingerprint density at radius 1 is 1.08 bits per heavy atom. The average molecular weight is 672 g/mol. The van der Waals surface area contributed by atoms with Gasteiger partial charge in [-0.3, -0.25) is 4.79 Å². The highest BCUT2D eigenvalue weighted by Gasteiger charge is 2.47. The number of amides is 2. The number of nitrogens with zero attached hydrogens (tertiary/aromatic N) is 3. The number of hydrogen-bond donors (Lipinski definition) is 2. The van der Waals surface area contributed by atoms with Gasteiger partial charge < -0.3 is 29.7 Å². The van der Waals surface area contributed by atoms with Crippen LogP contribution >= 0.6 is 11.3 Å². The van der Waals surface area contributed by atoms with Crippen molar-refractivity contribution < 1.29 is 28.2 Å². The van der Waals surface area contributed by atoms with E-state index in [0.29, 0.717) is 23.4 Å². The molecule has 2 saturated heterocycles. The lowest BCUT2D eigenvalue weighted by molar-refractivity contribution is -0.131. The molecule has 2 aromatic carbocycles. The van der Waals surface area contributed by atoms with Crippen molar-refractivity contribution in [2.45, 2.75) is 56.8 Å². The van der Waals surface area contributed by atoms with Crippen LogP contribution in [-0.4, -0.2) is 78.2 Å². The Labute approximate surface area is 282 Å². The molecule has 2 aromatic heterocycles. The van der Waals surface area contributed by atoms with Crippen LogP contribution in [0.1, 0.15) is 36.8 Å². The zero-order valence-corrected chi connectivity index (χ0v) is 27.4. The maximum atomic E-state index is 14.4. The Hall–Kier alpha value is -4.39. The number of thiophene rings is 1. The van der Waals surface area contributed by atoms with Crippen LogP contribution in [0.2, 0.25) is 0 Å². The minimum atomic E-state index is -0.529. The fourth-order valence-electron chi connectivity index (χ4n) is 7.13. The summed E-state index contributed by atoms with van der Waals surface area (Å²) in [6.07, 6.45) is 4.83. The second-order valence-electron chi connectivity index (χ2n) is 12.3. The van der Waals surface area contributed by atoms with Crippen LogP contribution in [0, 0.1) is 5.82 Å². The maximum Gasteiger partial charge on any atom is 0.407 e. The van der Waals surface area contributed by atoms with E-state index in [0.717, 1.165) is 60.1 Å². The van der Waals surface area contributed by atoms with Gasteiger partial charge in [0.15, 0.2) is 0 Å². The van der Waals surface area contributed by atoms with Crippen LogP contribution in [0.15, 0.2) is 60.5 Å². The maximum absolute atomic E-state index is 14.4. The second-order valence-corrected chi connectivity index (χ2v) is 13.2. The molecule has 7 rings (SSSR count). The number of rotatable bonds is 11. The normalized spacial score (nSPS) is 19.9. The first-order valence-electron chi connectivity index (χ1n) is 16.5. The van der Waals surface area contributed by atoms with Crippen molar-refractivity contribution in [3.63, 3.8) is 0 Å². The third-order valence-electron chi connectivity index (χ3n) is 9.36. The van der Waals surface area contributed by atoms with E-state index in [1.165, 1.54) is 29.3 Å². The summed E-state index contributed by atoms with van der Waals surface area (Å²) >= 11 is 1.56. The monoisotopic (exact) mass is 671 g/mol. The first-order valence-corrected chi connectivity index (χ1v) is 17.3. The molecule has 2 unspecified atom stereocenters. The van der Waals surface area contributed by atoms with Gasteiger partial charge in [-0.05, 0) is 79.1 Å². The Balaban J connectivity index is 0.928. The number of carbonyl (C=O) groups is 2. The molecule has 3 aliphatic heterocycles. The molecule has 3 aliphatic rings. The van der Waals surface area contributed by atoms with Crippen LogP contribution in [0.5, 0.6) is 5.75 Å². The van der Waals surface area contributed by atoms with Gasteiger partial charge in [0.1, 0.15) is 35.7 Å². The number of carbonyl (C=O) groups excluding carboxylic acids is 2. The van der Waals surface area contributed by atoms with Gasteiger partial charge in [0, 0.05) is 48.1 Å². The fraction of sp³-hybridized carbons (Fsp3) is 0.389. The number of benzene rings is 2. The Bertz CT molecular complexity index is 1830. The number of nitrogens with one attached hydrogen (secondary N) is 2. The summed E-state index contributed by atoms with van der Waals surface area (Å²) in [5, 5.41) is 18.4. The second kappa shape index (κ2) is 14.4. The Morgan fingerprint density at radius 2 is 1.98 bits per heavy atom. The molecule has 4 aromatic rings. The smallest absolute Gasteiger partial charge is 0.407 e. The van der Waals surface area contributed by atoms with E-state index < -0.39 is 11.9 Å². The predicted molar refractivity (Wildman–Crippen MR) is 181 cm³/mol. The van der Waals surface area contributed by atoms with Crippen molar-refractivity contribution >= 4 is 33.4 Å². The minimum Gasteiger partial charge on any atom is -0.490 e. The number of fused-ring (bicyclic) bond motifs is 4. The molecule has 0 aliphatic carbocycles. The van der Waals surface area contributed by atoms with Crippen molar-refractivity contribution in [3.05, 3.63) is 77.4 Å². The zero-order valence-electron chi connectivity index (χ0n) is 26.6. The first-order chi connectivity index (χ1) is 23.5. The van der Waals surface area contributed by atoms with Gasteiger partial charge in [-0.2, -0.15) is 0 Å². The zero-order chi connectivity index (χ0) is 33.0. The van der Waals surface area contributed by atoms with Gasteiger partial charge in [-0.1, -0.05) is 18.7 Å². The summed E-state index contributed by atoms with van der Waals surface area (Å²) in [5.74, 6) is -0.179. The highest BCUT2D eigenvalue weighted by molar-refractivity contribution is 7.17. The largest absolute Gasteiger partial charge is 0.490 e. The molecule has 0 saturated carbocycles. The van der Waals surface area contributed by atoms with E-state index in [4.69, 9.17) is 14.2 Å². The summed E-state index contributed by atoms with van der Waals surface area (Å²) in [4.78, 5) is 26.6. The molecule has 10 nitrogen and oxygen atoms in total. The average Bonchev–Trinajstić information content (AvgIpc) is 3.67. The third-order valence-corrected chi connectivity index (χ3v) is 10.3. The van der Waals surface area contributed by atoms with Crippen LogP contribution in [0.3, 0.4) is 0 Å². The molecule has 250 valence electrons. The van der Waals surface area contributed by atoms with Crippen molar-refractivity contribution in [3.8, 4) is 28.3 Å². The molecule has 2 bridgehead atoms. The van der Waals surface area contributed by atoms with E-state index in [1.54, 1.807) is 17.4 Å². The summed E-state index contributed by atoms with van der Waals surface area (Å²) < 4.78 is 32.6. The minimum absolute atomic E-state index is 0.0920. The van der Waals surface area contributed by atoms with E-state index in [9.17, 15) is 14.0 Å². The molecule has 2 N–H and O–H groups in total. The highest BCUT2D eigenvalue weighted by Crippen LogP contribution is 2.40. The third kappa shape index (κ3) is 6.65. The number of ether oxygens (including phenoxy) is 3. The number of hydrogen-bond acceptors (Lipinski definition) is 9. The summed E-state index contributed by atoms with van der Waals surface area (Å²) in [5.41, 5.74) is 5.77. The SMILES string of the molecule is C=CC(=O)N1C2CCCC1[C@H](OC(=O)NCCOCCOc1cc(F)ccc1-c1nnc(-c3ccc4c(c3)CCNC4)c3ccsc13)C2. The number of alkyl carbamates (subject to hydrolysis) is 1. The van der Waals surface area contributed by atoms with Gasteiger partial charge in [0.05, 0.1) is 24.0 Å². The first kappa shape index (κ1) is 32.2. The van der Waals surface area contributed by atoms with E-state index in [1.807, 2.05) is 16.3 Å². The summed E-state index contributed by atoms with van der Waals surface area (Å²) in [6.45, 7) is 6.33. The molecular formula is C36H38FN5O5S. The standard InChI is InChI=1S/C36H38FN5O5S/c1-2-32(43)42-26-4-3-5-29(42)31(20-26)47-36(44)39-13-14-45-15-16-46-30-19-25(37)8-9-27(30)34-35-28(11-17-48-35)33(40-41-34)23-6-7-24-21-38-12-10-22(24)18-23/h2,6-9,11,17-19,26,29,31,38H,1,3-5,10,12-16,20-21H2,(H,39,44)/t26?,29?,31-/m1/s1. The Morgan fingerprint density at radius 3 is 2.88 bits per heavy atom. The molecule has 2 amide bonds. The number of halogens is 1. The lowest BCUT2D eigenvalue weighted by Crippen LogP contribution is -2.46. The summed E-state index contributed by atoms with van der Waals surface area (Å²) in [7, 11) is 0. The highest BCUT2D eigenvalue weighted by atomic mass is 32.1. The van der Waals surface area contributed by atoms with Gasteiger partial charge in [0.25, 0.3) is 0 Å². The van der Waals surface area contributed by atoms with Crippen molar-refractivity contribution in [2.75, 3.05) is 32.9 Å². The van der Waals surface area contributed by atoms with E-state index in [-0.39, 0.29) is 50.5 Å². The lowest BCUT2D eigenvalue weighted by atomic mass is 9.96. The van der Waals surface area contributed by atoms with Crippen LogP contribution in [0.4, 0.5) is 9.18 Å². The van der Waals surface area contributed by atoms with E-state index in [2.05, 4.69) is 45.6 Å². The molecule has 2 fully saturated rings. The topological polar surface area (TPSA) is 115 Å². The van der Waals surface area contributed by atoms with Gasteiger partial charge in [-0.15, -0.1) is 21.5 Å². The van der Waals surface area contributed by atoms with Crippen LogP contribution < -0.4 is 15.4 Å². The van der Waals surface area contributed by atoms with Gasteiger partial charge in [-0.25, -0.2) is 9.18 Å². The molecule has 5 heterocycles. The van der Waals surface area contributed by atoms with Crippen LogP contribution in [-0.2, 0) is 27.2 Å². The van der Waals surface area contributed by atoms with Gasteiger partial charge in [0.2, 0.25) is 5.91 Å². The molecular weight excluding hydrogens is 633 g/mol. The number of aromatic nitrogens is 2. The predicted octanol–water partition coefficient (Wildman–Crippen LogP) is 5.64. The Kier molecular flexibility index (Phi) is 9.64. The number of piperidine rings is 1. The summed E-state index contributed by atoms with van der Waals surface area (Å²) in [6, 6.07) is 12.9. The molecule has 3 atom stereocenters. The fourth-order valence-corrected chi connectivity index (χ4v) is 8.02. The van der Waals surface area contributed by atoms with Crippen molar-refractivity contribution in [1.29, 1.82) is 0 Å². The molecule has 12 heteroatoms. The van der Waals surface area contributed by atoms with Crippen molar-refractivity contribution in [2.24, 2.45) is 0 Å². The molecule has 48 heavy (non-hydrogen) atoms. The molecule has 0 spiro atoms. The lowest BCUT2D eigenvalue weighted by Gasteiger charge is -2.34. The molecule has 0 radical (unpaired) electrons. The van der Waals surface area contributed by atoms with Crippen LogP contribution in [0.25, 0.3) is 32.6 Å². The quantitative estimate of drug-likeness (QED) is 0.156.